The van der Waals surface area contributed by atoms with Crippen LogP contribution in [-0.2, 0) is 0 Å². The van der Waals surface area contributed by atoms with Gasteiger partial charge in [0, 0.05) is 5.18 Å². The van der Waals surface area contributed by atoms with Crippen LogP contribution in [0.25, 0.3) is 0 Å². The maximum atomic E-state index is 12.3. The summed E-state index contributed by atoms with van der Waals surface area (Å²) in [7, 11) is 0. The van der Waals surface area contributed by atoms with Crippen LogP contribution in [0.5, 0.6) is 0 Å². The number of nitrogens with zero attached hydrogens (tertiary/aromatic N) is 2. The molecule has 0 N–H and O–H groups in total. The molecule has 13 heavy (non-hydrogen) atoms. The van der Waals surface area contributed by atoms with E-state index in [9.17, 15) is 31.2 Å². The van der Waals surface area contributed by atoms with Crippen molar-refractivity contribution < 1.29 is 26.3 Å². The van der Waals surface area contributed by atoms with E-state index >= 15 is 0 Å². The highest BCUT2D eigenvalue weighted by Crippen LogP contribution is 2.45. The first-order valence-electron chi connectivity index (χ1n) is 2.51. The van der Waals surface area contributed by atoms with Gasteiger partial charge in [-0.3, -0.25) is 0 Å². The van der Waals surface area contributed by atoms with Crippen molar-refractivity contribution >= 4 is 0 Å². The summed E-state index contributed by atoms with van der Waals surface area (Å²) in [6.45, 7) is 0. The molecule has 0 radical (unpaired) electrons. The Bertz CT molecular complexity index is 254. The van der Waals surface area contributed by atoms with E-state index in [1.807, 2.05) is 0 Å². The van der Waals surface area contributed by atoms with Crippen molar-refractivity contribution in [1.29, 1.82) is 5.26 Å². The third-order valence-corrected chi connectivity index (χ3v) is 1.07. The Balaban J connectivity index is 5.35. The van der Waals surface area contributed by atoms with Gasteiger partial charge in [0.2, 0.25) is 0 Å². The van der Waals surface area contributed by atoms with Crippen molar-refractivity contribution in [2.24, 2.45) is 5.18 Å². The highest BCUT2D eigenvalue weighted by atomic mass is 19.4. The van der Waals surface area contributed by atoms with Crippen LogP contribution >= 0.6 is 0 Å². The molecule has 0 heterocycles. The minimum Gasteiger partial charge on any atom is -0.207 e. The Kier molecular flexibility index (Phi) is 2.57. The second-order valence-corrected chi connectivity index (χ2v) is 1.90. The van der Waals surface area contributed by atoms with Crippen molar-refractivity contribution in [3.8, 4) is 6.07 Å². The van der Waals surface area contributed by atoms with Gasteiger partial charge in [0.15, 0.2) is 0 Å². The highest BCUT2D eigenvalue weighted by Gasteiger charge is 2.74. The monoisotopic (exact) mass is 206 g/mol. The minimum atomic E-state index is -6.18. The van der Waals surface area contributed by atoms with E-state index in [4.69, 9.17) is 5.26 Å². The number of halogens is 6. The number of rotatable bonds is 2. The normalized spacial score (nSPS) is 17.3. The van der Waals surface area contributed by atoms with Crippen LogP contribution in [0, 0.1) is 16.2 Å². The van der Waals surface area contributed by atoms with Crippen molar-refractivity contribution in [3.05, 3.63) is 4.91 Å². The Morgan fingerprint density at radius 2 is 1.46 bits per heavy atom. The molecule has 9 heteroatoms. The molecule has 0 aromatic rings. The fraction of sp³-hybridized carbons (Fsp3) is 0.750. The largest absolute Gasteiger partial charge is 0.444 e. The molecule has 0 saturated carbocycles. The fourth-order valence-electron chi connectivity index (χ4n) is 0.364. The smallest absolute Gasteiger partial charge is 0.207 e. The van der Waals surface area contributed by atoms with Gasteiger partial charge in [-0.2, -0.15) is 27.2 Å². The van der Waals surface area contributed by atoms with Gasteiger partial charge in [-0.05, 0) is 0 Å². The topological polar surface area (TPSA) is 53.2 Å². The first-order chi connectivity index (χ1) is 5.62. The van der Waals surface area contributed by atoms with Crippen LogP contribution in [-0.4, -0.2) is 17.9 Å². The molecule has 0 aliphatic rings. The first kappa shape index (κ1) is 11.7. The van der Waals surface area contributed by atoms with Crippen LogP contribution in [0.3, 0.4) is 0 Å². The predicted molar refractivity (Wildman–Crippen MR) is 26.2 cm³/mol. The molecule has 0 aliphatic heterocycles. The summed E-state index contributed by atoms with van der Waals surface area (Å²) >= 11 is 0. The predicted octanol–water partition coefficient (Wildman–Crippen LogP) is 2.14. The molecular weight excluding hydrogens is 206 g/mol. The lowest BCUT2D eigenvalue weighted by atomic mass is 10.1. The van der Waals surface area contributed by atoms with Gasteiger partial charge in [0.1, 0.15) is 6.07 Å². The van der Waals surface area contributed by atoms with Gasteiger partial charge < -0.3 is 0 Å². The van der Waals surface area contributed by atoms with Crippen molar-refractivity contribution in [2.75, 3.05) is 0 Å². The molecule has 0 fully saturated rings. The van der Waals surface area contributed by atoms with E-state index in [1.165, 1.54) is 0 Å². The van der Waals surface area contributed by atoms with E-state index in [0.717, 1.165) is 0 Å². The van der Waals surface area contributed by atoms with Crippen molar-refractivity contribution in [2.45, 2.75) is 17.9 Å². The van der Waals surface area contributed by atoms with Gasteiger partial charge in [-0.1, -0.05) is 0 Å². The highest BCUT2D eigenvalue weighted by molar-refractivity contribution is 5.13. The quantitative estimate of drug-likeness (QED) is 0.394. The molecule has 74 valence electrons. The number of alkyl halides is 6. The van der Waals surface area contributed by atoms with E-state index < -0.39 is 17.9 Å². The summed E-state index contributed by atoms with van der Waals surface area (Å²) in [5, 5.41) is 8.19. The molecule has 0 spiro atoms. The average Bonchev–Trinajstić information content (AvgIpc) is 2.00. The SMILES string of the molecule is N#CC(F)(C(F)(F)F)C(F)(F)N=O. The summed E-state index contributed by atoms with van der Waals surface area (Å²) < 4.78 is 70.6. The summed E-state index contributed by atoms with van der Waals surface area (Å²) in [5.74, 6) is 0. The summed E-state index contributed by atoms with van der Waals surface area (Å²) in [4.78, 5) is 9.19. The molecule has 0 aromatic heterocycles. The van der Waals surface area contributed by atoms with E-state index in [-0.39, 0.29) is 6.07 Å². The van der Waals surface area contributed by atoms with Gasteiger partial charge in [0.05, 0.1) is 0 Å². The van der Waals surface area contributed by atoms with Gasteiger partial charge in [-0.25, -0.2) is 4.39 Å². The Morgan fingerprint density at radius 3 is 1.54 bits per heavy atom. The number of nitroso groups, excluding NO2 is 1. The van der Waals surface area contributed by atoms with E-state index in [1.54, 1.807) is 0 Å². The van der Waals surface area contributed by atoms with Crippen molar-refractivity contribution in [1.82, 2.24) is 0 Å². The van der Waals surface area contributed by atoms with Crippen molar-refractivity contribution in [3.63, 3.8) is 0 Å². The second kappa shape index (κ2) is 2.86. The van der Waals surface area contributed by atoms with Crippen LogP contribution in [0.2, 0.25) is 0 Å². The number of nitriles is 1. The summed E-state index contributed by atoms with van der Waals surface area (Å²) in [6, 6.07) is -5.98. The molecule has 0 rings (SSSR count). The molecular formula is C4F6N2O. The summed E-state index contributed by atoms with van der Waals surface area (Å²) in [6.07, 6.45) is -6.18. The maximum Gasteiger partial charge on any atom is 0.444 e. The molecule has 0 bridgehead atoms. The second-order valence-electron chi connectivity index (χ2n) is 1.90. The number of hydrogen-bond acceptors (Lipinski definition) is 3. The molecule has 0 amide bonds. The standard InChI is InChI=1S/C4F6N2O/c5-2(1-11,3(6,7)8)4(9,10)12-13. The van der Waals surface area contributed by atoms with Gasteiger partial charge in [-0.15, -0.1) is 4.91 Å². The third-order valence-electron chi connectivity index (χ3n) is 1.07. The first-order valence-corrected chi connectivity index (χ1v) is 2.51. The fourth-order valence-corrected chi connectivity index (χ4v) is 0.364. The lowest BCUT2D eigenvalue weighted by Gasteiger charge is -2.23. The molecule has 1 unspecified atom stereocenters. The molecule has 0 aromatic carbocycles. The van der Waals surface area contributed by atoms with Crippen LogP contribution in [0.4, 0.5) is 26.3 Å². The van der Waals surface area contributed by atoms with Gasteiger partial charge >= 0.3 is 17.9 Å². The third kappa shape index (κ3) is 1.56. The zero-order valence-corrected chi connectivity index (χ0v) is 5.57. The van der Waals surface area contributed by atoms with E-state index in [2.05, 4.69) is 0 Å². The molecule has 1 atom stereocenters. The Labute approximate surface area is 66.9 Å². The molecule has 3 nitrogen and oxygen atoms in total. The zero-order chi connectivity index (χ0) is 10.9. The average molecular weight is 206 g/mol. The zero-order valence-electron chi connectivity index (χ0n) is 5.57. The molecule has 0 saturated heterocycles. The van der Waals surface area contributed by atoms with Crippen LogP contribution < -0.4 is 0 Å². The lowest BCUT2D eigenvalue weighted by molar-refractivity contribution is -0.276. The summed E-state index contributed by atoms with van der Waals surface area (Å²) in [5.41, 5.74) is -5.58. The van der Waals surface area contributed by atoms with E-state index in [0.29, 0.717) is 5.18 Å². The molecule has 0 aliphatic carbocycles. The lowest BCUT2D eigenvalue weighted by Crippen LogP contribution is -2.53. The van der Waals surface area contributed by atoms with Crippen LogP contribution in [0.1, 0.15) is 0 Å². The Hall–Kier alpha value is -1.33. The minimum absolute atomic E-state index is 0.326. The Morgan fingerprint density at radius 1 is 1.08 bits per heavy atom. The van der Waals surface area contributed by atoms with Gasteiger partial charge in [0.25, 0.3) is 0 Å². The maximum absolute atomic E-state index is 12.3. The number of hydrogen-bond donors (Lipinski definition) is 0. The van der Waals surface area contributed by atoms with Crippen LogP contribution in [0.15, 0.2) is 5.18 Å².